The minimum atomic E-state index is -2.46. The minimum Gasteiger partial charge on any atom is -0.126 e. The number of halogens is 3. The van der Waals surface area contributed by atoms with Gasteiger partial charge in [-0.05, 0) is 18.4 Å². The molecule has 1 unspecified atom stereocenters. The first kappa shape index (κ1) is 12.6. The molecular formula is C8H13Cl3Si. The van der Waals surface area contributed by atoms with Crippen LogP contribution in [0.1, 0.15) is 19.8 Å². The third-order valence-corrected chi connectivity index (χ3v) is 6.36. The smallest absolute Gasteiger partial charge is 0.126 e. The van der Waals surface area contributed by atoms with Gasteiger partial charge >= 0.3 is 6.00 Å². The van der Waals surface area contributed by atoms with Crippen molar-refractivity contribution in [2.75, 3.05) is 0 Å². The Morgan fingerprint density at radius 2 is 2.00 bits per heavy atom. The molecule has 0 aliphatic carbocycles. The molecule has 0 radical (unpaired) electrons. The molecule has 12 heavy (non-hydrogen) atoms. The van der Waals surface area contributed by atoms with Crippen LogP contribution < -0.4 is 0 Å². The first-order valence-corrected chi connectivity index (χ1v) is 8.94. The summed E-state index contributed by atoms with van der Waals surface area (Å²) >= 11 is 17.5. The second kappa shape index (κ2) is 6.09. The normalized spacial score (nSPS) is 15.0. The quantitative estimate of drug-likeness (QED) is 0.377. The SMILES string of the molecule is C=CC=CCCC(C)[Si](Cl)(Cl)Cl. The van der Waals surface area contributed by atoms with E-state index in [1.807, 2.05) is 19.1 Å². The van der Waals surface area contributed by atoms with E-state index in [1.165, 1.54) is 0 Å². The molecule has 0 aromatic carbocycles. The Labute approximate surface area is 89.3 Å². The van der Waals surface area contributed by atoms with Crippen molar-refractivity contribution >= 4 is 39.2 Å². The van der Waals surface area contributed by atoms with E-state index in [0.29, 0.717) is 0 Å². The standard InChI is InChI=1S/C8H13Cl3Si/c1-3-4-5-6-7-8(2)12(9,10)11/h3-5,8H,1,6-7H2,2H3. The highest BCUT2D eigenvalue weighted by Gasteiger charge is 2.32. The van der Waals surface area contributed by atoms with Crippen LogP contribution in [-0.2, 0) is 0 Å². The summed E-state index contributed by atoms with van der Waals surface area (Å²) in [5, 5.41) is 0. The monoisotopic (exact) mass is 242 g/mol. The van der Waals surface area contributed by atoms with Crippen LogP contribution in [0.15, 0.2) is 24.8 Å². The predicted octanol–water partition coefficient (Wildman–Crippen LogP) is 4.55. The molecule has 0 rings (SSSR count). The van der Waals surface area contributed by atoms with Gasteiger partial charge in [0.25, 0.3) is 0 Å². The van der Waals surface area contributed by atoms with E-state index in [4.69, 9.17) is 33.2 Å². The van der Waals surface area contributed by atoms with Crippen LogP contribution in [0.2, 0.25) is 5.54 Å². The highest BCUT2D eigenvalue weighted by molar-refractivity contribution is 7.65. The van der Waals surface area contributed by atoms with Crippen LogP contribution in [0.4, 0.5) is 0 Å². The van der Waals surface area contributed by atoms with Crippen LogP contribution in [0.25, 0.3) is 0 Å². The average molecular weight is 244 g/mol. The van der Waals surface area contributed by atoms with Crippen LogP contribution in [0.5, 0.6) is 0 Å². The molecule has 70 valence electrons. The van der Waals surface area contributed by atoms with Crippen molar-refractivity contribution in [1.82, 2.24) is 0 Å². The van der Waals surface area contributed by atoms with Gasteiger partial charge < -0.3 is 0 Å². The van der Waals surface area contributed by atoms with E-state index in [1.54, 1.807) is 6.08 Å². The molecule has 0 aromatic rings. The lowest BCUT2D eigenvalue weighted by Gasteiger charge is -2.15. The molecule has 0 spiro atoms. The zero-order chi connectivity index (χ0) is 9.61. The van der Waals surface area contributed by atoms with Gasteiger partial charge in [-0.25, -0.2) is 0 Å². The van der Waals surface area contributed by atoms with Gasteiger partial charge in [-0.15, -0.1) is 33.2 Å². The van der Waals surface area contributed by atoms with Gasteiger partial charge in [0.2, 0.25) is 0 Å². The van der Waals surface area contributed by atoms with E-state index >= 15 is 0 Å². The number of rotatable bonds is 5. The van der Waals surface area contributed by atoms with Crippen molar-refractivity contribution in [3.63, 3.8) is 0 Å². The van der Waals surface area contributed by atoms with E-state index in [0.717, 1.165) is 12.8 Å². The van der Waals surface area contributed by atoms with Gasteiger partial charge in [0.15, 0.2) is 0 Å². The van der Waals surface area contributed by atoms with E-state index < -0.39 is 6.00 Å². The predicted molar refractivity (Wildman–Crippen MR) is 61.3 cm³/mol. The topological polar surface area (TPSA) is 0 Å². The molecule has 0 amide bonds. The van der Waals surface area contributed by atoms with Crippen molar-refractivity contribution in [1.29, 1.82) is 0 Å². The lowest BCUT2D eigenvalue weighted by molar-refractivity contribution is 0.803. The first-order chi connectivity index (χ1) is 5.48. The Morgan fingerprint density at radius 1 is 1.42 bits per heavy atom. The summed E-state index contributed by atoms with van der Waals surface area (Å²) in [6.07, 6.45) is 7.58. The lowest BCUT2D eigenvalue weighted by Crippen LogP contribution is -2.16. The van der Waals surface area contributed by atoms with E-state index in [-0.39, 0.29) is 5.54 Å². The summed E-state index contributed by atoms with van der Waals surface area (Å²) < 4.78 is 0. The molecule has 0 aromatic heterocycles. The molecule has 0 nitrogen and oxygen atoms in total. The van der Waals surface area contributed by atoms with E-state index in [9.17, 15) is 0 Å². The Bertz CT molecular complexity index is 160. The maximum Gasteiger partial charge on any atom is 0.344 e. The highest BCUT2D eigenvalue weighted by Crippen LogP contribution is 2.36. The Kier molecular flexibility index (Phi) is 6.37. The second-order valence-corrected chi connectivity index (χ2v) is 11.9. The summed E-state index contributed by atoms with van der Waals surface area (Å²) in [5.41, 5.74) is 0.219. The molecule has 1 atom stereocenters. The third-order valence-electron chi connectivity index (χ3n) is 1.60. The molecule has 4 heteroatoms. The third kappa shape index (κ3) is 6.12. The maximum absolute atomic E-state index is 5.82. The number of hydrogen-bond donors (Lipinski definition) is 0. The summed E-state index contributed by atoms with van der Waals surface area (Å²) in [6.45, 7) is 5.56. The fourth-order valence-electron chi connectivity index (χ4n) is 0.702. The molecule has 0 saturated heterocycles. The molecule has 0 saturated carbocycles. The summed E-state index contributed by atoms with van der Waals surface area (Å²) in [6, 6.07) is -2.46. The van der Waals surface area contributed by atoms with Crippen molar-refractivity contribution < 1.29 is 0 Å². The zero-order valence-electron chi connectivity index (χ0n) is 7.06. The van der Waals surface area contributed by atoms with Gasteiger partial charge in [-0.2, -0.15) is 0 Å². The van der Waals surface area contributed by atoms with Crippen molar-refractivity contribution in [2.45, 2.75) is 25.3 Å². The molecule has 0 aliphatic heterocycles. The van der Waals surface area contributed by atoms with Gasteiger partial charge in [0.05, 0.1) is 0 Å². The summed E-state index contributed by atoms with van der Waals surface area (Å²) in [7, 11) is 0. The zero-order valence-corrected chi connectivity index (χ0v) is 10.3. The van der Waals surface area contributed by atoms with Crippen molar-refractivity contribution in [2.24, 2.45) is 0 Å². The molecule has 0 N–H and O–H groups in total. The average Bonchev–Trinajstić information content (AvgIpc) is 1.96. The molecular weight excluding hydrogens is 231 g/mol. The highest BCUT2D eigenvalue weighted by atomic mass is 35.8. The fraction of sp³-hybridized carbons (Fsp3) is 0.500. The molecule has 0 bridgehead atoms. The van der Waals surface area contributed by atoms with Crippen LogP contribution in [-0.4, -0.2) is 6.00 Å². The minimum absolute atomic E-state index is 0.219. The van der Waals surface area contributed by atoms with Crippen LogP contribution in [0.3, 0.4) is 0 Å². The van der Waals surface area contributed by atoms with Gasteiger partial charge in [0, 0.05) is 0 Å². The Hall–Kier alpha value is 0.567. The van der Waals surface area contributed by atoms with Gasteiger partial charge in [0.1, 0.15) is 0 Å². The van der Waals surface area contributed by atoms with Gasteiger partial charge in [-0.3, -0.25) is 0 Å². The summed E-state index contributed by atoms with van der Waals surface area (Å²) in [4.78, 5) is 0. The molecule has 0 aliphatic rings. The Morgan fingerprint density at radius 3 is 2.42 bits per heavy atom. The van der Waals surface area contributed by atoms with Crippen molar-refractivity contribution in [3.05, 3.63) is 24.8 Å². The number of hydrogen-bond acceptors (Lipinski definition) is 0. The van der Waals surface area contributed by atoms with Gasteiger partial charge in [-0.1, -0.05) is 31.7 Å². The largest absolute Gasteiger partial charge is 0.344 e. The van der Waals surface area contributed by atoms with Crippen molar-refractivity contribution in [3.8, 4) is 0 Å². The van der Waals surface area contributed by atoms with E-state index in [2.05, 4.69) is 6.58 Å². The van der Waals surface area contributed by atoms with Crippen LogP contribution >= 0.6 is 33.2 Å². The maximum atomic E-state index is 5.82. The summed E-state index contributed by atoms with van der Waals surface area (Å²) in [5.74, 6) is 0. The fourth-order valence-corrected chi connectivity index (χ4v) is 2.18. The Balaban J connectivity index is 3.64. The lowest BCUT2D eigenvalue weighted by atomic mass is 10.2. The van der Waals surface area contributed by atoms with Crippen LogP contribution in [0, 0.1) is 0 Å². The number of allylic oxidation sites excluding steroid dienone is 3. The molecule has 0 heterocycles. The second-order valence-electron chi connectivity index (χ2n) is 2.68. The first-order valence-electron chi connectivity index (χ1n) is 3.82. The molecule has 0 fully saturated rings.